The maximum atomic E-state index is 12.3. The maximum Gasteiger partial charge on any atom is 0.266 e. The third kappa shape index (κ3) is 4.91. The van der Waals surface area contributed by atoms with E-state index in [1.54, 1.807) is 54.7 Å². The lowest BCUT2D eigenvalue weighted by molar-refractivity contribution is -0.112. The van der Waals surface area contributed by atoms with Crippen molar-refractivity contribution in [3.05, 3.63) is 83.3 Å². The molecule has 2 aromatic carbocycles. The minimum absolute atomic E-state index is 0.0440. The fourth-order valence-corrected chi connectivity index (χ4v) is 2.34. The van der Waals surface area contributed by atoms with Gasteiger partial charge in [-0.1, -0.05) is 35.9 Å². The number of amides is 1. The molecule has 6 nitrogen and oxygen atoms in total. The highest BCUT2D eigenvalue weighted by Crippen LogP contribution is 2.22. The third-order valence-electron chi connectivity index (χ3n) is 3.44. The summed E-state index contributed by atoms with van der Waals surface area (Å²) < 4.78 is 5.55. The topological polar surface area (TPSA) is 87.9 Å². The number of nitrogens with one attached hydrogen (secondary N) is 1. The molecule has 0 fully saturated rings. The predicted octanol–water partition coefficient (Wildman–Crippen LogP) is 4.47. The van der Waals surface area contributed by atoms with E-state index in [4.69, 9.17) is 16.3 Å². The van der Waals surface area contributed by atoms with Crippen molar-refractivity contribution in [2.45, 2.75) is 0 Å². The molecule has 7 heteroatoms. The van der Waals surface area contributed by atoms with Crippen molar-refractivity contribution in [2.24, 2.45) is 0 Å². The second kappa shape index (κ2) is 8.61. The third-order valence-corrected chi connectivity index (χ3v) is 3.77. The van der Waals surface area contributed by atoms with Crippen LogP contribution in [-0.4, -0.2) is 15.9 Å². The van der Waals surface area contributed by atoms with E-state index in [9.17, 15) is 10.1 Å². The average molecular weight is 377 g/mol. The number of anilines is 1. The van der Waals surface area contributed by atoms with Crippen molar-refractivity contribution in [3.63, 3.8) is 0 Å². The summed E-state index contributed by atoms with van der Waals surface area (Å²) in [7, 11) is 0. The summed E-state index contributed by atoms with van der Waals surface area (Å²) in [5.41, 5.74) is 1.07. The van der Waals surface area contributed by atoms with Crippen LogP contribution in [0.1, 0.15) is 5.56 Å². The lowest BCUT2D eigenvalue weighted by atomic mass is 10.1. The number of hydrogen-bond donors (Lipinski definition) is 1. The zero-order valence-electron chi connectivity index (χ0n) is 14.0. The molecule has 1 aromatic heterocycles. The lowest BCUT2D eigenvalue weighted by Crippen LogP contribution is -2.13. The van der Waals surface area contributed by atoms with E-state index in [2.05, 4.69) is 15.3 Å². The summed E-state index contributed by atoms with van der Waals surface area (Å²) in [6.45, 7) is 0. The fourth-order valence-electron chi connectivity index (χ4n) is 2.16. The minimum Gasteiger partial charge on any atom is -0.438 e. The normalized spacial score (nSPS) is 10.7. The number of aromatic nitrogens is 2. The van der Waals surface area contributed by atoms with Gasteiger partial charge in [0.25, 0.3) is 5.91 Å². The first-order valence-corrected chi connectivity index (χ1v) is 8.25. The van der Waals surface area contributed by atoms with Crippen LogP contribution in [-0.2, 0) is 4.79 Å². The first-order valence-electron chi connectivity index (χ1n) is 7.87. The van der Waals surface area contributed by atoms with Gasteiger partial charge >= 0.3 is 0 Å². The smallest absolute Gasteiger partial charge is 0.266 e. The second-order valence-corrected chi connectivity index (χ2v) is 5.73. The Labute approximate surface area is 160 Å². The Morgan fingerprint density at radius 3 is 2.59 bits per heavy atom. The SMILES string of the molecule is N#C/C(=C/c1ccc(Oc2cnccn2)cc1)C(=O)Nc1ccccc1Cl. The molecule has 1 N–H and O–H groups in total. The van der Waals surface area contributed by atoms with E-state index in [1.807, 2.05) is 6.07 Å². The molecular weight excluding hydrogens is 364 g/mol. The Morgan fingerprint density at radius 1 is 1.15 bits per heavy atom. The molecule has 3 rings (SSSR count). The Hall–Kier alpha value is -3.69. The number of para-hydroxylation sites is 1. The van der Waals surface area contributed by atoms with Crippen molar-refractivity contribution in [3.8, 4) is 17.7 Å². The van der Waals surface area contributed by atoms with Crippen molar-refractivity contribution < 1.29 is 9.53 Å². The van der Waals surface area contributed by atoms with Crippen molar-refractivity contribution in [2.75, 3.05) is 5.32 Å². The van der Waals surface area contributed by atoms with Crippen LogP contribution in [0.15, 0.2) is 72.7 Å². The molecule has 0 saturated carbocycles. The number of ether oxygens (including phenoxy) is 1. The second-order valence-electron chi connectivity index (χ2n) is 5.32. The Bertz CT molecular complexity index is 1010. The van der Waals surface area contributed by atoms with Gasteiger partial charge < -0.3 is 10.1 Å². The van der Waals surface area contributed by atoms with E-state index in [0.29, 0.717) is 27.9 Å². The number of nitrogens with zero attached hydrogens (tertiary/aromatic N) is 3. The van der Waals surface area contributed by atoms with Gasteiger partial charge in [0.15, 0.2) is 0 Å². The molecule has 0 bridgehead atoms. The van der Waals surface area contributed by atoms with Gasteiger partial charge in [-0.2, -0.15) is 5.26 Å². The monoisotopic (exact) mass is 376 g/mol. The standard InChI is InChI=1S/C20H13ClN4O2/c21-17-3-1-2-4-18(17)25-20(26)15(12-22)11-14-5-7-16(8-6-14)27-19-13-23-9-10-24-19/h1-11,13H,(H,25,26)/b15-11-. The van der Waals surface area contributed by atoms with Gasteiger partial charge in [0.1, 0.15) is 17.4 Å². The molecule has 0 unspecified atom stereocenters. The summed E-state index contributed by atoms with van der Waals surface area (Å²) in [5.74, 6) is 0.398. The Morgan fingerprint density at radius 2 is 1.93 bits per heavy atom. The molecule has 27 heavy (non-hydrogen) atoms. The summed E-state index contributed by atoms with van der Waals surface area (Å²) in [4.78, 5) is 20.3. The molecule has 0 atom stereocenters. The molecule has 0 aliphatic rings. The summed E-state index contributed by atoms with van der Waals surface area (Å²) >= 11 is 6.02. The zero-order valence-corrected chi connectivity index (χ0v) is 14.7. The van der Waals surface area contributed by atoms with Gasteiger partial charge in [-0.25, -0.2) is 4.98 Å². The Kier molecular flexibility index (Phi) is 5.77. The number of benzene rings is 2. The van der Waals surface area contributed by atoms with E-state index in [-0.39, 0.29) is 5.57 Å². The van der Waals surface area contributed by atoms with Gasteiger partial charge in [-0.15, -0.1) is 0 Å². The molecule has 0 aliphatic carbocycles. The zero-order chi connectivity index (χ0) is 19.1. The van der Waals surface area contributed by atoms with Crippen LogP contribution in [0.5, 0.6) is 11.6 Å². The predicted molar refractivity (Wildman–Crippen MR) is 102 cm³/mol. The van der Waals surface area contributed by atoms with Crippen LogP contribution in [0.4, 0.5) is 5.69 Å². The Balaban J connectivity index is 1.72. The number of rotatable bonds is 5. The van der Waals surface area contributed by atoms with E-state index in [0.717, 1.165) is 0 Å². The van der Waals surface area contributed by atoms with E-state index in [1.165, 1.54) is 18.5 Å². The van der Waals surface area contributed by atoms with Crippen LogP contribution in [0.2, 0.25) is 5.02 Å². The van der Waals surface area contributed by atoms with Crippen LogP contribution < -0.4 is 10.1 Å². The van der Waals surface area contributed by atoms with E-state index < -0.39 is 5.91 Å². The van der Waals surface area contributed by atoms with Crippen molar-refractivity contribution in [1.29, 1.82) is 5.26 Å². The highest BCUT2D eigenvalue weighted by Gasteiger charge is 2.11. The molecule has 0 spiro atoms. The molecule has 0 saturated heterocycles. The number of nitriles is 1. The number of carbonyl (C=O) groups is 1. The first kappa shape index (κ1) is 18.1. The molecule has 1 amide bonds. The minimum atomic E-state index is -0.537. The van der Waals surface area contributed by atoms with Crippen LogP contribution in [0.3, 0.4) is 0 Å². The molecular formula is C20H13ClN4O2. The van der Waals surface area contributed by atoms with Crippen molar-refractivity contribution >= 4 is 29.3 Å². The molecule has 3 aromatic rings. The van der Waals surface area contributed by atoms with E-state index >= 15 is 0 Å². The molecule has 1 heterocycles. The highest BCUT2D eigenvalue weighted by molar-refractivity contribution is 6.34. The van der Waals surface area contributed by atoms with Crippen LogP contribution in [0, 0.1) is 11.3 Å². The van der Waals surface area contributed by atoms with Gasteiger partial charge in [0, 0.05) is 12.4 Å². The number of carbonyl (C=O) groups excluding carboxylic acids is 1. The molecule has 0 aliphatic heterocycles. The fraction of sp³-hybridized carbons (Fsp3) is 0. The average Bonchev–Trinajstić information content (AvgIpc) is 2.70. The largest absolute Gasteiger partial charge is 0.438 e. The summed E-state index contributed by atoms with van der Waals surface area (Å²) in [6, 6.07) is 15.6. The summed E-state index contributed by atoms with van der Waals surface area (Å²) in [5, 5.41) is 12.3. The number of hydrogen-bond acceptors (Lipinski definition) is 5. The van der Waals surface area contributed by atoms with Crippen LogP contribution >= 0.6 is 11.6 Å². The summed E-state index contributed by atoms with van der Waals surface area (Å²) in [6.07, 6.45) is 6.07. The maximum absolute atomic E-state index is 12.3. The number of halogens is 1. The highest BCUT2D eigenvalue weighted by atomic mass is 35.5. The van der Waals surface area contributed by atoms with Crippen molar-refractivity contribution in [1.82, 2.24) is 9.97 Å². The lowest BCUT2D eigenvalue weighted by Gasteiger charge is -2.06. The van der Waals surface area contributed by atoms with Gasteiger partial charge in [-0.05, 0) is 35.9 Å². The first-order chi connectivity index (χ1) is 13.2. The van der Waals surface area contributed by atoms with Crippen LogP contribution in [0.25, 0.3) is 6.08 Å². The quantitative estimate of drug-likeness (QED) is 0.524. The van der Waals surface area contributed by atoms with Gasteiger partial charge in [0.2, 0.25) is 5.88 Å². The van der Waals surface area contributed by atoms with Gasteiger partial charge in [0.05, 0.1) is 16.9 Å². The van der Waals surface area contributed by atoms with Gasteiger partial charge in [-0.3, -0.25) is 9.78 Å². The molecule has 0 radical (unpaired) electrons. The molecule has 132 valence electrons.